The van der Waals surface area contributed by atoms with Gasteiger partial charge in [-0.25, -0.2) is 0 Å². The summed E-state index contributed by atoms with van der Waals surface area (Å²) in [4.78, 5) is 23.8. The number of Topliss-reactive ketones (excluding diaryl/α,β-unsaturated/α-hetero) is 1. The number of carbonyl (C=O) groups excluding carboxylic acids is 2. The minimum atomic E-state index is -1.15. The van der Waals surface area contributed by atoms with Crippen LogP contribution in [0.4, 0.5) is 0 Å². The number of rotatable bonds is 7. The summed E-state index contributed by atoms with van der Waals surface area (Å²) in [5.41, 5.74) is 3.01. The number of amides is 1. The second-order valence-electron chi connectivity index (χ2n) is 5.75. The number of benzene rings is 2. The van der Waals surface area contributed by atoms with Gasteiger partial charge in [0.2, 0.25) is 0 Å². The molecule has 0 aliphatic heterocycles. The smallest absolute Gasteiger partial charge is 0.251 e. The summed E-state index contributed by atoms with van der Waals surface area (Å²) in [6.45, 7) is 0.604. The summed E-state index contributed by atoms with van der Waals surface area (Å²) in [5, 5.41) is 30.0. The first-order chi connectivity index (χ1) is 12.0. The highest BCUT2D eigenvalue weighted by Gasteiger charge is 2.25. The molecule has 0 heterocycles. The lowest BCUT2D eigenvalue weighted by Crippen LogP contribution is -2.48. The Morgan fingerprint density at radius 1 is 0.960 bits per heavy atom. The maximum absolute atomic E-state index is 12.2. The highest BCUT2D eigenvalue weighted by atomic mass is 16.3. The SMILES string of the molecule is C[C@@H](O)[C@H](NC(=O)c1ccc(-c2ccc(CO)cc2)cc1)C(=O)CO. The van der Waals surface area contributed by atoms with E-state index < -0.39 is 30.4 Å². The van der Waals surface area contributed by atoms with Crippen molar-refractivity contribution >= 4 is 11.7 Å². The molecule has 6 heteroatoms. The first kappa shape index (κ1) is 18.8. The van der Waals surface area contributed by atoms with Crippen molar-refractivity contribution in [3.8, 4) is 11.1 Å². The van der Waals surface area contributed by atoms with Crippen molar-refractivity contribution in [1.29, 1.82) is 0 Å². The van der Waals surface area contributed by atoms with Crippen LogP contribution in [-0.4, -0.2) is 45.8 Å². The molecule has 132 valence electrons. The second kappa shape index (κ2) is 8.53. The van der Waals surface area contributed by atoms with Crippen LogP contribution in [-0.2, 0) is 11.4 Å². The van der Waals surface area contributed by atoms with Crippen molar-refractivity contribution in [1.82, 2.24) is 5.32 Å². The van der Waals surface area contributed by atoms with Crippen LogP contribution in [0.15, 0.2) is 48.5 Å². The number of hydrogen-bond donors (Lipinski definition) is 4. The maximum atomic E-state index is 12.2. The Labute approximate surface area is 145 Å². The van der Waals surface area contributed by atoms with E-state index in [9.17, 15) is 14.7 Å². The van der Waals surface area contributed by atoms with E-state index in [2.05, 4.69) is 5.32 Å². The molecule has 2 aromatic rings. The van der Waals surface area contributed by atoms with Crippen molar-refractivity contribution in [2.45, 2.75) is 25.7 Å². The van der Waals surface area contributed by atoms with Gasteiger partial charge in [-0.15, -0.1) is 0 Å². The van der Waals surface area contributed by atoms with Crippen LogP contribution in [0.25, 0.3) is 11.1 Å². The van der Waals surface area contributed by atoms with Gasteiger partial charge in [0.25, 0.3) is 5.91 Å². The lowest BCUT2D eigenvalue weighted by Gasteiger charge is -2.19. The average Bonchev–Trinajstić information content (AvgIpc) is 2.65. The molecule has 0 saturated carbocycles. The molecule has 2 atom stereocenters. The van der Waals surface area contributed by atoms with Crippen LogP contribution in [0.1, 0.15) is 22.8 Å². The molecule has 25 heavy (non-hydrogen) atoms. The van der Waals surface area contributed by atoms with E-state index in [-0.39, 0.29) is 6.61 Å². The van der Waals surface area contributed by atoms with Crippen molar-refractivity contribution in [3.05, 3.63) is 59.7 Å². The van der Waals surface area contributed by atoms with Gasteiger partial charge in [-0.3, -0.25) is 9.59 Å². The lowest BCUT2D eigenvalue weighted by atomic mass is 10.0. The fraction of sp³-hybridized carbons (Fsp3) is 0.263. The summed E-state index contributed by atoms with van der Waals surface area (Å²) in [6.07, 6.45) is -1.10. The molecule has 0 saturated heterocycles. The minimum absolute atomic E-state index is 0.0175. The Balaban J connectivity index is 2.12. The summed E-state index contributed by atoms with van der Waals surface area (Å²) in [5.74, 6) is -1.15. The largest absolute Gasteiger partial charge is 0.392 e. The van der Waals surface area contributed by atoms with E-state index in [0.717, 1.165) is 16.7 Å². The molecular weight excluding hydrogens is 322 g/mol. The number of nitrogens with one attached hydrogen (secondary N) is 1. The number of aliphatic hydroxyl groups is 3. The van der Waals surface area contributed by atoms with Gasteiger partial charge < -0.3 is 20.6 Å². The Hall–Kier alpha value is -2.54. The summed E-state index contributed by atoms with van der Waals surface area (Å²) in [7, 11) is 0. The molecule has 0 fully saturated rings. The Bertz CT molecular complexity index is 722. The summed E-state index contributed by atoms with van der Waals surface area (Å²) in [6, 6.07) is 13.0. The van der Waals surface area contributed by atoms with Gasteiger partial charge in [-0.1, -0.05) is 36.4 Å². The summed E-state index contributed by atoms with van der Waals surface area (Å²) < 4.78 is 0. The zero-order valence-corrected chi connectivity index (χ0v) is 13.8. The van der Waals surface area contributed by atoms with Crippen LogP contribution in [0.5, 0.6) is 0 Å². The van der Waals surface area contributed by atoms with Crippen LogP contribution in [0.3, 0.4) is 0 Å². The average molecular weight is 343 g/mol. The standard InChI is InChI=1S/C19H21NO5/c1-12(23)18(17(24)11-22)20-19(25)16-8-6-15(7-9-16)14-4-2-13(10-21)3-5-14/h2-9,12,18,21-23H,10-11H2,1H3,(H,20,25)/t12-,18+/m1/s1. The molecule has 2 rings (SSSR count). The van der Waals surface area contributed by atoms with Gasteiger partial charge in [0, 0.05) is 5.56 Å². The van der Waals surface area contributed by atoms with Crippen LogP contribution in [0.2, 0.25) is 0 Å². The van der Waals surface area contributed by atoms with Gasteiger partial charge in [0.05, 0.1) is 12.7 Å². The van der Waals surface area contributed by atoms with Crippen molar-refractivity contribution in [2.75, 3.05) is 6.61 Å². The van der Waals surface area contributed by atoms with E-state index in [0.29, 0.717) is 5.56 Å². The predicted octanol–water partition coefficient (Wildman–Crippen LogP) is 0.886. The van der Waals surface area contributed by atoms with Gasteiger partial charge in [-0.2, -0.15) is 0 Å². The molecule has 0 spiro atoms. The fourth-order valence-corrected chi connectivity index (χ4v) is 2.41. The molecule has 4 N–H and O–H groups in total. The Morgan fingerprint density at radius 3 is 1.92 bits per heavy atom. The normalized spacial score (nSPS) is 13.1. The topological polar surface area (TPSA) is 107 Å². The highest BCUT2D eigenvalue weighted by molar-refractivity contribution is 5.98. The predicted molar refractivity (Wildman–Crippen MR) is 92.8 cm³/mol. The molecule has 1 amide bonds. The third-order valence-electron chi connectivity index (χ3n) is 3.89. The first-order valence-electron chi connectivity index (χ1n) is 7.89. The van der Waals surface area contributed by atoms with Gasteiger partial charge in [-0.05, 0) is 35.7 Å². The second-order valence-corrected chi connectivity index (χ2v) is 5.75. The van der Waals surface area contributed by atoms with Crippen molar-refractivity contribution in [2.24, 2.45) is 0 Å². The molecular formula is C19H21NO5. The van der Waals surface area contributed by atoms with Crippen LogP contribution < -0.4 is 5.32 Å². The van der Waals surface area contributed by atoms with Crippen LogP contribution >= 0.6 is 0 Å². The van der Waals surface area contributed by atoms with E-state index in [4.69, 9.17) is 10.2 Å². The van der Waals surface area contributed by atoms with Gasteiger partial charge >= 0.3 is 0 Å². The zero-order valence-electron chi connectivity index (χ0n) is 13.8. The van der Waals surface area contributed by atoms with E-state index in [1.54, 1.807) is 24.3 Å². The molecule has 0 unspecified atom stereocenters. The molecule has 0 aromatic heterocycles. The monoisotopic (exact) mass is 343 g/mol. The number of carbonyl (C=O) groups is 2. The van der Waals surface area contributed by atoms with Crippen molar-refractivity contribution < 1.29 is 24.9 Å². The number of aliphatic hydroxyl groups excluding tert-OH is 3. The molecule has 0 bridgehead atoms. The molecule has 6 nitrogen and oxygen atoms in total. The van der Waals surface area contributed by atoms with E-state index in [1.807, 2.05) is 24.3 Å². The van der Waals surface area contributed by atoms with Crippen molar-refractivity contribution in [3.63, 3.8) is 0 Å². The highest BCUT2D eigenvalue weighted by Crippen LogP contribution is 2.20. The third-order valence-corrected chi connectivity index (χ3v) is 3.89. The Kier molecular flexibility index (Phi) is 6.41. The fourth-order valence-electron chi connectivity index (χ4n) is 2.41. The van der Waals surface area contributed by atoms with E-state index in [1.165, 1.54) is 6.92 Å². The number of hydrogen-bond acceptors (Lipinski definition) is 5. The van der Waals surface area contributed by atoms with E-state index >= 15 is 0 Å². The molecule has 0 aliphatic rings. The lowest BCUT2D eigenvalue weighted by molar-refractivity contribution is -0.125. The van der Waals surface area contributed by atoms with Gasteiger partial charge in [0.15, 0.2) is 5.78 Å². The summed E-state index contributed by atoms with van der Waals surface area (Å²) >= 11 is 0. The molecule has 0 radical (unpaired) electrons. The van der Waals surface area contributed by atoms with Gasteiger partial charge in [0.1, 0.15) is 12.6 Å². The third kappa shape index (κ3) is 4.73. The zero-order chi connectivity index (χ0) is 18.4. The quantitative estimate of drug-likeness (QED) is 0.597. The first-order valence-corrected chi connectivity index (χ1v) is 7.89. The Morgan fingerprint density at radius 2 is 1.48 bits per heavy atom. The number of ketones is 1. The minimum Gasteiger partial charge on any atom is -0.392 e. The molecule has 0 aliphatic carbocycles. The molecule has 2 aromatic carbocycles. The maximum Gasteiger partial charge on any atom is 0.251 e. The van der Waals surface area contributed by atoms with Crippen LogP contribution in [0, 0.1) is 0 Å².